The monoisotopic (exact) mass is 269 g/mol. The van der Waals surface area contributed by atoms with Crippen LogP contribution in [0.4, 0.5) is 8.78 Å². The predicted octanol–water partition coefficient (Wildman–Crippen LogP) is 2.91. The van der Waals surface area contributed by atoms with Crippen molar-refractivity contribution in [3.8, 4) is 0 Å². The maximum atomic E-state index is 13.7. The van der Waals surface area contributed by atoms with Gasteiger partial charge in [-0.15, -0.1) is 0 Å². The molecule has 1 aliphatic heterocycles. The van der Waals surface area contributed by atoms with E-state index in [-0.39, 0.29) is 17.7 Å². The molecule has 0 radical (unpaired) electrons. The summed E-state index contributed by atoms with van der Waals surface area (Å²) < 4.78 is 32.2. The molecule has 1 aliphatic rings. The molecule has 0 saturated carbocycles. The third kappa shape index (κ3) is 4.25. The van der Waals surface area contributed by atoms with Crippen molar-refractivity contribution in [2.45, 2.75) is 32.2 Å². The first-order chi connectivity index (χ1) is 9.19. The van der Waals surface area contributed by atoms with E-state index in [1.165, 1.54) is 12.1 Å². The fourth-order valence-corrected chi connectivity index (χ4v) is 2.66. The van der Waals surface area contributed by atoms with Gasteiger partial charge in [0, 0.05) is 19.3 Å². The van der Waals surface area contributed by atoms with E-state index in [2.05, 4.69) is 5.32 Å². The second-order valence-electron chi connectivity index (χ2n) is 5.16. The highest BCUT2D eigenvalue weighted by molar-refractivity contribution is 5.19. The van der Waals surface area contributed by atoms with E-state index in [0.29, 0.717) is 17.9 Å². The second-order valence-corrected chi connectivity index (χ2v) is 5.16. The van der Waals surface area contributed by atoms with Crippen LogP contribution in [0.1, 0.15) is 25.3 Å². The molecule has 0 bridgehead atoms. The van der Waals surface area contributed by atoms with Crippen LogP contribution in [0.5, 0.6) is 0 Å². The van der Waals surface area contributed by atoms with Gasteiger partial charge in [-0.1, -0.05) is 6.92 Å². The summed E-state index contributed by atoms with van der Waals surface area (Å²) in [7, 11) is 0. The zero-order valence-electron chi connectivity index (χ0n) is 11.3. The molecule has 0 aromatic heterocycles. The average molecular weight is 269 g/mol. The van der Waals surface area contributed by atoms with Gasteiger partial charge in [0.15, 0.2) is 0 Å². The number of halogens is 2. The molecule has 0 aliphatic carbocycles. The van der Waals surface area contributed by atoms with Crippen molar-refractivity contribution >= 4 is 0 Å². The minimum Gasteiger partial charge on any atom is -0.381 e. The van der Waals surface area contributed by atoms with E-state index >= 15 is 0 Å². The Bertz CT molecular complexity index is 405. The summed E-state index contributed by atoms with van der Waals surface area (Å²) in [6, 6.07) is 3.83. The van der Waals surface area contributed by atoms with Crippen LogP contribution in [-0.2, 0) is 11.2 Å². The van der Waals surface area contributed by atoms with Crippen LogP contribution in [0.15, 0.2) is 18.2 Å². The number of nitrogens with one attached hydrogen (secondary N) is 1. The molecule has 2 nitrogen and oxygen atoms in total. The molecule has 106 valence electrons. The van der Waals surface area contributed by atoms with Gasteiger partial charge in [-0.05, 0) is 55.5 Å². The van der Waals surface area contributed by atoms with E-state index in [9.17, 15) is 8.78 Å². The van der Waals surface area contributed by atoms with Crippen LogP contribution in [-0.4, -0.2) is 25.8 Å². The fraction of sp³-hybridized carbons (Fsp3) is 0.600. The maximum Gasteiger partial charge on any atom is 0.126 e. The van der Waals surface area contributed by atoms with Gasteiger partial charge in [-0.25, -0.2) is 8.78 Å². The second kappa shape index (κ2) is 6.96. The minimum absolute atomic E-state index is 0.174. The summed E-state index contributed by atoms with van der Waals surface area (Å²) in [5.41, 5.74) is 0.449. The summed E-state index contributed by atoms with van der Waals surface area (Å²) >= 11 is 0. The van der Waals surface area contributed by atoms with Crippen molar-refractivity contribution in [3.63, 3.8) is 0 Å². The summed E-state index contributed by atoms with van der Waals surface area (Å²) in [6.45, 7) is 4.46. The Morgan fingerprint density at radius 1 is 1.42 bits per heavy atom. The van der Waals surface area contributed by atoms with Gasteiger partial charge in [0.05, 0.1) is 0 Å². The third-order valence-electron chi connectivity index (χ3n) is 3.61. The molecule has 0 spiro atoms. The Balaban J connectivity index is 2.00. The first-order valence-corrected chi connectivity index (χ1v) is 6.94. The average Bonchev–Trinajstić information content (AvgIpc) is 2.87. The van der Waals surface area contributed by atoms with E-state index in [1.807, 2.05) is 6.92 Å². The van der Waals surface area contributed by atoms with Crippen molar-refractivity contribution in [2.24, 2.45) is 5.92 Å². The van der Waals surface area contributed by atoms with E-state index in [0.717, 1.165) is 38.7 Å². The smallest absolute Gasteiger partial charge is 0.126 e. The topological polar surface area (TPSA) is 21.3 Å². The normalized spacial score (nSPS) is 20.7. The van der Waals surface area contributed by atoms with Crippen LogP contribution < -0.4 is 5.32 Å². The molecular weight excluding hydrogens is 248 g/mol. The maximum absolute atomic E-state index is 13.7. The zero-order valence-corrected chi connectivity index (χ0v) is 11.3. The lowest BCUT2D eigenvalue weighted by Gasteiger charge is -2.21. The van der Waals surface area contributed by atoms with Crippen molar-refractivity contribution in [1.29, 1.82) is 0 Å². The minimum atomic E-state index is -0.379. The highest BCUT2D eigenvalue weighted by atomic mass is 19.1. The van der Waals surface area contributed by atoms with Gasteiger partial charge >= 0.3 is 0 Å². The molecule has 2 unspecified atom stereocenters. The molecule has 1 aromatic carbocycles. The van der Waals surface area contributed by atoms with Gasteiger partial charge in [-0.2, -0.15) is 0 Å². The molecule has 2 atom stereocenters. The molecule has 1 heterocycles. The number of ether oxygens (including phenoxy) is 1. The number of likely N-dealkylation sites (N-methyl/N-ethyl adjacent to an activating group) is 1. The quantitative estimate of drug-likeness (QED) is 0.857. The van der Waals surface area contributed by atoms with Crippen molar-refractivity contribution in [3.05, 3.63) is 35.4 Å². The van der Waals surface area contributed by atoms with E-state index in [1.54, 1.807) is 0 Å². The van der Waals surface area contributed by atoms with Crippen molar-refractivity contribution in [1.82, 2.24) is 5.32 Å². The Hall–Kier alpha value is -1.00. The zero-order chi connectivity index (χ0) is 13.7. The number of rotatable bonds is 6. The van der Waals surface area contributed by atoms with Gasteiger partial charge in [0.2, 0.25) is 0 Å². The van der Waals surface area contributed by atoms with Crippen LogP contribution >= 0.6 is 0 Å². The van der Waals surface area contributed by atoms with E-state index in [4.69, 9.17) is 4.74 Å². The lowest BCUT2D eigenvalue weighted by Crippen LogP contribution is -2.33. The molecule has 2 rings (SSSR count). The van der Waals surface area contributed by atoms with Crippen molar-refractivity contribution in [2.75, 3.05) is 19.8 Å². The number of hydrogen-bond acceptors (Lipinski definition) is 2. The molecular formula is C15H21F2NO. The first kappa shape index (κ1) is 14.4. The summed E-state index contributed by atoms with van der Waals surface area (Å²) in [5, 5.41) is 3.36. The number of hydrogen-bond donors (Lipinski definition) is 1. The third-order valence-corrected chi connectivity index (χ3v) is 3.61. The standard InChI is InChI=1S/C15H21F2NO/c1-2-18-14(7-11-5-6-19-10-11)9-12-8-13(16)3-4-15(12)17/h3-4,8,11,14,18H,2,5-7,9-10H2,1H3. The number of benzene rings is 1. The molecule has 19 heavy (non-hydrogen) atoms. The molecule has 0 amide bonds. The largest absolute Gasteiger partial charge is 0.381 e. The summed E-state index contributed by atoms with van der Waals surface area (Å²) in [6.07, 6.45) is 2.53. The molecule has 1 fully saturated rings. The fourth-order valence-electron chi connectivity index (χ4n) is 2.66. The van der Waals surface area contributed by atoms with Crippen LogP contribution in [0.2, 0.25) is 0 Å². The predicted molar refractivity (Wildman–Crippen MR) is 71.1 cm³/mol. The van der Waals surface area contributed by atoms with Gasteiger partial charge in [0.1, 0.15) is 11.6 Å². The molecule has 4 heteroatoms. The summed E-state index contributed by atoms with van der Waals surface area (Å²) in [5.74, 6) is -0.177. The Labute approximate surface area is 113 Å². The summed E-state index contributed by atoms with van der Waals surface area (Å²) in [4.78, 5) is 0. The van der Waals surface area contributed by atoms with Gasteiger partial charge in [-0.3, -0.25) is 0 Å². The molecule has 1 saturated heterocycles. The lowest BCUT2D eigenvalue weighted by molar-refractivity contribution is 0.181. The Kier molecular flexibility index (Phi) is 5.28. The Morgan fingerprint density at radius 2 is 2.26 bits per heavy atom. The van der Waals surface area contributed by atoms with Crippen LogP contribution in [0.3, 0.4) is 0 Å². The first-order valence-electron chi connectivity index (χ1n) is 6.94. The highest BCUT2D eigenvalue weighted by Crippen LogP contribution is 2.21. The Morgan fingerprint density at radius 3 is 2.95 bits per heavy atom. The van der Waals surface area contributed by atoms with Crippen molar-refractivity contribution < 1.29 is 13.5 Å². The van der Waals surface area contributed by atoms with Crippen LogP contribution in [0, 0.1) is 17.6 Å². The molecule has 1 aromatic rings. The highest BCUT2D eigenvalue weighted by Gasteiger charge is 2.21. The van der Waals surface area contributed by atoms with Gasteiger partial charge in [0.25, 0.3) is 0 Å². The van der Waals surface area contributed by atoms with E-state index < -0.39 is 0 Å². The molecule has 1 N–H and O–H groups in total. The lowest BCUT2D eigenvalue weighted by atomic mass is 9.94. The van der Waals surface area contributed by atoms with Crippen LogP contribution in [0.25, 0.3) is 0 Å². The van der Waals surface area contributed by atoms with Gasteiger partial charge < -0.3 is 10.1 Å². The SMILES string of the molecule is CCNC(Cc1cc(F)ccc1F)CC1CCOC1.